The molecule has 0 atom stereocenters. The minimum absolute atomic E-state index is 0.147. The number of carbonyl (C=O) groups is 1. The molecule has 0 N–H and O–H groups in total. The van der Waals surface area contributed by atoms with Gasteiger partial charge >= 0.3 is 12.1 Å². The first-order valence-corrected chi connectivity index (χ1v) is 6.72. The van der Waals surface area contributed by atoms with Crippen molar-refractivity contribution in [2.75, 3.05) is 6.61 Å². The first kappa shape index (κ1) is 15.6. The molecule has 1 aromatic carbocycles. The second-order valence-corrected chi connectivity index (χ2v) is 4.78. The lowest BCUT2D eigenvalue weighted by Crippen LogP contribution is -2.07. The molecule has 0 amide bonds. The molecule has 4 nitrogen and oxygen atoms in total. The highest BCUT2D eigenvalue weighted by molar-refractivity contribution is 9.10. The standard InChI is InChI=1S/C13H10BrF3N2O2/c1-2-21-12(20)10-7-18-19(11(10)14)9-5-3-4-8(6-9)13(15,16)17/h3-7H,2H2,1H3. The molecule has 0 aliphatic heterocycles. The van der Waals surface area contributed by atoms with Crippen molar-refractivity contribution in [3.8, 4) is 5.69 Å². The third-order valence-electron chi connectivity index (χ3n) is 2.62. The van der Waals surface area contributed by atoms with Crippen LogP contribution in [0.5, 0.6) is 0 Å². The van der Waals surface area contributed by atoms with E-state index in [1.807, 2.05) is 0 Å². The Hall–Kier alpha value is -1.83. The van der Waals surface area contributed by atoms with Crippen LogP contribution >= 0.6 is 15.9 Å². The molecule has 112 valence electrons. The van der Waals surface area contributed by atoms with Gasteiger partial charge in [-0.3, -0.25) is 0 Å². The van der Waals surface area contributed by atoms with Crippen molar-refractivity contribution >= 4 is 21.9 Å². The van der Waals surface area contributed by atoms with Gasteiger partial charge in [-0.1, -0.05) is 6.07 Å². The molecule has 0 saturated carbocycles. The number of benzene rings is 1. The Bertz CT molecular complexity index is 668. The van der Waals surface area contributed by atoms with Crippen molar-refractivity contribution in [3.63, 3.8) is 0 Å². The van der Waals surface area contributed by atoms with E-state index in [-0.39, 0.29) is 22.5 Å². The van der Waals surface area contributed by atoms with Crippen LogP contribution in [-0.4, -0.2) is 22.4 Å². The Morgan fingerprint density at radius 3 is 2.76 bits per heavy atom. The summed E-state index contributed by atoms with van der Waals surface area (Å²) in [6, 6.07) is 4.65. The fourth-order valence-corrected chi connectivity index (χ4v) is 2.23. The van der Waals surface area contributed by atoms with E-state index in [1.165, 1.54) is 23.0 Å². The van der Waals surface area contributed by atoms with Crippen LogP contribution in [0.3, 0.4) is 0 Å². The number of aromatic nitrogens is 2. The molecule has 2 aromatic rings. The van der Waals surface area contributed by atoms with E-state index in [2.05, 4.69) is 21.0 Å². The van der Waals surface area contributed by atoms with Gasteiger partial charge in [0.05, 0.1) is 24.1 Å². The Kier molecular flexibility index (Phi) is 4.36. The molecule has 8 heteroatoms. The summed E-state index contributed by atoms with van der Waals surface area (Å²) in [7, 11) is 0. The summed E-state index contributed by atoms with van der Waals surface area (Å²) in [4.78, 5) is 11.7. The quantitative estimate of drug-likeness (QED) is 0.779. The van der Waals surface area contributed by atoms with Gasteiger partial charge in [-0.15, -0.1) is 0 Å². The van der Waals surface area contributed by atoms with Crippen LogP contribution in [0.25, 0.3) is 5.69 Å². The summed E-state index contributed by atoms with van der Waals surface area (Å²) >= 11 is 3.15. The zero-order valence-corrected chi connectivity index (χ0v) is 12.4. The molecule has 0 aliphatic carbocycles. The van der Waals surface area contributed by atoms with Gasteiger partial charge in [0.1, 0.15) is 10.2 Å². The molecule has 0 radical (unpaired) electrons. The molecule has 1 heterocycles. The van der Waals surface area contributed by atoms with Crippen molar-refractivity contribution in [1.29, 1.82) is 0 Å². The van der Waals surface area contributed by atoms with Crippen molar-refractivity contribution < 1.29 is 22.7 Å². The molecule has 0 spiro atoms. The monoisotopic (exact) mass is 362 g/mol. The van der Waals surface area contributed by atoms with Crippen molar-refractivity contribution in [2.24, 2.45) is 0 Å². The summed E-state index contributed by atoms with van der Waals surface area (Å²) in [5.74, 6) is -0.595. The Morgan fingerprint density at radius 1 is 1.43 bits per heavy atom. The first-order valence-electron chi connectivity index (χ1n) is 5.93. The summed E-state index contributed by atoms with van der Waals surface area (Å²) in [5.41, 5.74) is -0.457. The normalized spacial score (nSPS) is 11.5. The molecular formula is C13H10BrF3N2O2. The SMILES string of the molecule is CCOC(=O)c1cnn(-c2cccc(C(F)(F)F)c2)c1Br. The van der Waals surface area contributed by atoms with E-state index in [9.17, 15) is 18.0 Å². The number of alkyl halides is 3. The third-order valence-corrected chi connectivity index (χ3v) is 3.39. The minimum atomic E-state index is -4.44. The molecule has 0 bridgehead atoms. The van der Waals surface area contributed by atoms with Gasteiger partial charge in [-0.05, 0) is 41.1 Å². The maximum Gasteiger partial charge on any atom is 0.416 e. The largest absolute Gasteiger partial charge is 0.462 e. The predicted molar refractivity (Wildman–Crippen MR) is 72.2 cm³/mol. The van der Waals surface area contributed by atoms with Crippen LogP contribution in [0.4, 0.5) is 13.2 Å². The summed E-state index contributed by atoms with van der Waals surface area (Å²) < 4.78 is 44.4. The van der Waals surface area contributed by atoms with Crippen molar-refractivity contribution in [2.45, 2.75) is 13.1 Å². The lowest BCUT2D eigenvalue weighted by atomic mass is 10.2. The van der Waals surface area contributed by atoms with Gasteiger partial charge in [-0.25, -0.2) is 9.48 Å². The van der Waals surface area contributed by atoms with Crippen LogP contribution in [0, 0.1) is 0 Å². The summed E-state index contributed by atoms with van der Waals surface area (Å²) in [6.07, 6.45) is -3.21. The van der Waals surface area contributed by atoms with E-state index in [0.717, 1.165) is 12.1 Å². The number of nitrogens with zero attached hydrogens (tertiary/aromatic N) is 2. The first-order chi connectivity index (χ1) is 9.84. The number of halogens is 4. The molecule has 0 unspecified atom stereocenters. The van der Waals surface area contributed by atoms with Crippen LogP contribution < -0.4 is 0 Å². The van der Waals surface area contributed by atoms with E-state index >= 15 is 0 Å². The topological polar surface area (TPSA) is 44.1 Å². The lowest BCUT2D eigenvalue weighted by molar-refractivity contribution is -0.137. The summed E-state index contributed by atoms with van der Waals surface area (Å²) in [6.45, 7) is 1.85. The Morgan fingerprint density at radius 2 is 2.14 bits per heavy atom. The third kappa shape index (κ3) is 3.26. The highest BCUT2D eigenvalue weighted by Crippen LogP contribution is 2.31. The minimum Gasteiger partial charge on any atom is -0.462 e. The fraction of sp³-hybridized carbons (Fsp3) is 0.231. The van der Waals surface area contributed by atoms with E-state index < -0.39 is 17.7 Å². The molecule has 21 heavy (non-hydrogen) atoms. The molecule has 2 rings (SSSR count). The fourth-order valence-electron chi connectivity index (χ4n) is 1.67. The summed E-state index contributed by atoms with van der Waals surface area (Å²) in [5, 5.41) is 3.91. The van der Waals surface area contributed by atoms with Crippen LogP contribution in [0.2, 0.25) is 0 Å². The van der Waals surface area contributed by atoms with E-state index in [1.54, 1.807) is 6.92 Å². The number of esters is 1. The van der Waals surface area contributed by atoms with Crippen LogP contribution in [0.1, 0.15) is 22.8 Å². The molecule has 1 aromatic heterocycles. The number of ether oxygens (including phenoxy) is 1. The number of carbonyl (C=O) groups excluding carboxylic acids is 1. The number of rotatable bonds is 3. The van der Waals surface area contributed by atoms with Gasteiger partial charge in [0, 0.05) is 0 Å². The zero-order valence-electron chi connectivity index (χ0n) is 10.8. The van der Waals surface area contributed by atoms with E-state index in [0.29, 0.717) is 0 Å². The average molecular weight is 363 g/mol. The average Bonchev–Trinajstić information content (AvgIpc) is 2.80. The lowest BCUT2D eigenvalue weighted by Gasteiger charge is -2.09. The van der Waals surface area contributed by atoms with Gasteiger partial charge in [0.25, 0.3) is 0 Å². The van der Waals surface area contributed by atoms with Gasteiger partial charge in [-0.2, -0.15) is 18.3 Å². The molecule has 0 saturated heterocycles. The van der Waals surface area contributed by atoms with Crippen molar-refractivity contribution in [1.82, 2.24) is 9.78 Å². The Labute approximate surface area is 126 Å². The molecule has 0 aliphatic rings. The second-order valence-electron chi connectivity index (χ2n) is 4.03. The van der Waals surface area contributed by atoms with Crippen LogP contribution in [0.15, 0.2) is 35.1 Å². The van der Waals surface area contributed by atoms with Gasteiger partial charge < -0.3 is 4.74 Å². The maximum atomic E-state index is 12.7. The van der Waals surface area contributed by atoms with Gasteiger partial charge in [0.2, 0.25) is 0 Å². The molecule has 0 fully saturated rings. The highest BCUT2D eigenvalue weighted by atomic mass is 79.9. The maximum absolute atomic E-state index is 12.7. The number of hydrogen-bond donors (Lipinski definition) is 0. The van der Waals surface area contributed by atoms with Gasteiger partial charge in [0.15, 0.2) is 0 Å². The Balaban J connectivity index is 2.42. The molecular weight excluding hydrogens is 353 g/mol. The smallest absolute Gasteiger partial charge is 0.416 e. The van der Waals surface area contributed by atoms with Crippen molar-refractivity contribution in [3.05, 3.63) is 46.2 Å². The second kappa shape index (κ2) is 5.88. The predicted octanol–water partition coefficient (Wildman–Crippen LogP) is 3.83. The number of hydrogen-bond acceptors (Lipinski definition) is 3. The van der Waals surface area contributed by atoms with Crippen LogP contribution in [-0.2, 0) is 10.9 Å². The highest BCUT2D eigenvalue weighted by Gasteiger charge is 2.30. The van der Waals surface area contributed by atoms with E-state index in [4.69, 9.17) is 4.74 Å². The zero-order chi connectivity index (χ0) is 15.6.